The van der Waals surface area contributed by atoms with Crippen molar-refractivity contribution >= 4 is 35.0 Å². The molecule has 0 heterocycles. The summed E-state index contributed by atoms with van der Waals surface area (Å²) in [6.45, 7) is 8.07. The average molecular weight is 435 g/mol. The van der Waals surface area contributed by atoms with E-state index < -0.39 is 6.04 Å². The van der Waals surface area contributed by atoms with E-state index in [9.17, 15) is 9.59 Å². The summed E-state index contributed by atoms with van der Waals surface area (Å²) in [6.07, 6.45) is 0.924. The van der Waals surface area contributed by atoms with E-state index in [4.69, 9.17) is 23.2 Å². The van der Waals surface area contributed by atoms with E-state index in [1.807, 2.05) is 45.0 Å². The Morgan fingerprint density at radius 1 is 1.10 bits per heavy atom. The molecule has 0 aromatic heterocycles. The molecule has 156 valence electrons. The molecule has 2 aromatic rings. The fraction of sp³-hybridized carbons (Fsp3) is 0.391. The number of nitrogens with zero attached hydrogens (tertiary/aromatic N) is 1. The van der Waals surface area contributed by atoms with Crippen LogP contribution in [0.5, 0.6) is 0 Å². The molecule has 6 heteroatoms. The molecule has 0 spiro atoms. The Balaban J connectivity index is 2.26. The van der Waals surface area contributed by atoms with Gasteiger partial charge in [0.25, 0.3) is 0 Å². The first-order chi connectivity index (χ1) is 13.7. The van der Waals surface area contributed by atoms with Gasteiger partial charge in [-0.2, -0.15) is 0 Å². The summed E-state index contributed by atoms with van der Waals surface area (Å²) in [6, 6.07) is 12.5. The zero-order valence-electron chi connectivity index (χ0n) is 17.3. The highest BCUT2D eigenvalue weighted by Crippen LogP contribution is 2.23. The third kappa shape index (κ3) is 6.76. The number of carbonyl (C=O) groups is 2. The molecule has 0 aliphatic heterocycles. The molecule has 1 N–H and O–H groups in total. The number of hydrogen-bond donors (Lipinski definition) is 1. The zero-order chi connectivity index (χ0) is 21.6. The van der Waals surface area contributed by atoms with Crippen molar-refractivity contribution < 1.29 is 9.59 Å². The third-order valence-corrected chi connectivity index (χ3v) is 5.55. The van der Waals surface area contributed by atoms with Crippen LogP contribution < -0.4 is 5.32 Å². The second-order valence-corrected chi connectivity index (χ2v) is 8.26. The van der Waals surface area contributed by atoms with Gasteiger partial charge in [-0.05, 0) is 50.5 Å². The maximum Gasteiger partial charge on any atom is 0.242 e. The lowest BCUT2D eigenvalue weighted by molar-refractivity contribution is -0.140. The maximum absolute atomic E-state index is 13.2. The van der Waals surface area contributed by atoms with Gasteiger partial charge in [0, 0.05) is 22.6 Å². The SMILES string of the molecule is CC[C@H](C)NC(=O)[C@H](C)N(Cc1cccc(C)c1)C(=O)Cc1ccc(Cl)cc1Cl. The van der Waals surface area contributed by atoms with Crippen LogP contribution in [-0.2, 0) is 22.6 Å². The predicted octanol–water partition coefficient (Wildman–Crippen LogP) is 5.18. The highest BCUT2D eigenvalue weighted by atomic mass is 35.5. The van der Waals surface area contributed by atoms with Crippen molar-refractivity contribution in [2.75, 3.05) is 0 Å². The van der Waals surface area contributed by atoms with Crippen LogP contribution in [0.25, 0.3) is 0 Å². The van der Waals surface area contributed by atoms with Gasteiger partial charge >= 0.3 is 0 Å². The van der Waals surface area contributed by atoms with E-state index in [0.717, 1.165) is 17.5 Å². The second kappa shape index (κ2) is 10.7. The maximum atomic E-state index is 13.2. The van der Waals surface area contributed by atoms with Gasteiger partial charge < -0.3 is 10.2 Å². The minimum Gasteiger partial charge on any atom is -0.352 e. The molecule has 0 radical (unpaired) electrons. The average Bonchev–Trinajstić information content (AvgIpc) is 2.67. The lowest BCUT2D eigenvalue weighted by Gasteiger charge is -2.30. The number of halogens is 2. The van der Waals surface area contributed by atoms with Gasteiger partial charge in [-0.1, -0.05) is 66.0 Å². The molecule has 0 bridgehead atoms. The summed E-state index contributed by atoms with van der Waals surface area (Å²) >= 11 is 12.2. The summed E-state index contributed by atoms with van der Waals surface area (Å²) < 4.78 is 0. The molecule has 0 fully saturated rings. The number of amides is 2. The Bertz CT molecular complexity index is 870. The first kappa shape index (κ1) is 23.2. The summed E-state index contributed by atoms with van der Waals surface area (Å²) in [5, 5.41) is 3.93. The number of carbonyl (C=O) groups excluding carboxylic acids is 2. The highest BCUT2D eigenvalue weighted by molar-refractivity contribution is 6.35. The molecule has 0 saturated carbocycles. The first-order valence-corrected chi connectivity index (χ1v) is 10.6. The molecule has 0 saturated heterocycles. The lowest BCUT2D eigenvalue weighted by atomic mass is 10.1. The molecular weight excluding hydrogens is 407 g/mol. The van der Waals surface area contributed by atoms with Crippen LogP contribution in [0.1, 0.15) is 43.9 Å². The largest absolute Gasteiger partial charge is 0.352 e. The smallest absolute Gasteiger partial charge is 0.242 e. The molecule has 0 unspecified atom stereocenters. The van der Waals surface area contributed by atoms with Gasteiger partial charge in [-0.15, -0.1) is 0 Å². The van der Waals surface area contributed by atoms with E-state index in [1.165, 1.54) is 0 Å². The topological polar surface area (TPSA) is 49.4 Å². The summed E-state index contributed by atoms with van der Waals surface area (Å²) in [5.41, 5.74) is 2.76. The van der Waals surface area contributed by atoms with Crippen molar-refractivity contribution in [2.24, 2.45) is 0 Å². The van der Waals surface area contributed by atoms with Crippen molar-refractivity contribution in [3.05, 3.63) is 69.2 Å². The van der Waals surface area contributed by atoms with Crippen LogP contribution in [0.2, 0.25) is 10.0 Å². The standard InChI is InChI=1S/C23H28Cl2N2O2/c1-5-16(3)26-23(29)17(4)27(14-18-8-6-7-15(2)11-18)22(28)12-19-9-10-20(24)13-21(19)25/h6-11,13,16-17H,5,12,14H2,1-4H3,(H,26,29)/t16-,17-/m0/s1. The van der Waals surface area contributed by atoms with Crippen LogP contribution in [0.3, 0.4) is 0 Å². The second-order valence-electron chi connectivity index (χ2n) is 7.42. The summed E-state index contributed by atoms with van der Waals surface area (Å²) in [5.74, 6) is -0.329. The van der Waals surface area contributed by atoms with E-state index >= 15 is 0 Å². The molecule has 2 amide bonds. The van der Waals surface area contributed by atoms with Crippen LogP contribution in [0.4, 0.5) is 0 Å². The van der Waals surface area contributed by atoms with Crippen molar-refractivity contribution in [1.29, 1.82) is 0 Å². The molecular formula is C23H28Cl2N2O2. The van der Waals surface area contributed by atoms with Crippen LogP contribution in [-0.4, -0.2) is 28.8 Å². The van der Waals surface area contributed by atoms with Crippen LogP contribution in [0, 0.1) is 6.92 Å². The van der Waals surface area contributed by atoms with Crippen molar-refractivity contribution in [3.8, 4) is 0 Å². The zero-order valence-corrected chi connectivity index (χ0v) is 18.8. The van der Waals surface area contributed by atoms with Gasteiger partial charge in [0.05, 0.1) is 6.42 Å². The van der Waals surface area contributed by atoms with E-state index in [-0.39, 0.29) is 24.3 Å². The van der Waals surface area contributed by atoms with Crippen LogP contribution >= 0.6 is 23.2 Å². The quantitative estimate of drug-likeness (QED) is 0.622. The Morgan fingerprint density at radius 2 is 1.83 bits per heavy atom. The monoisotopic (exact) mass is 434 g/mol. The van der Waals surface area contributed by atoms with Crippen molar-refractivity contribution in [1.82, 2.24) is 10.2 Å². The van der Waals surface area contributed by atoms with E-state index in [1.54, 1.807) is 30.0 Å². The lowest BCUT2D eigenvalue weighted by Crippen LogP contribution is -2.49. The fourth-order valence-electron chi connectivity index (χ4n) is 2.98. The van der Waals surface area contributed by atoms with E-state index in [0.29, 0.717) is 22.2 Å². The molecule has 4 nitrogen and oxygen atoms in total. The Hall–Kier alpha value is -2.04. The minimum absolute atomic E-state index is 0.0478. The van der Waals surface area contributed by atoms with Crippen molar-refractivity contribution in [3.63, 3.8) is 0 Å². The normalized spacial score (nSPS) is 12.9. The van der Waals surface area contributed by atoms with E-state index in [2.05, 4.69) is 5.32 Å². The number of benzene rings is 2. The fourth-order valence-corrected chi connectivity index (χ4v) is 3.46. The molecule has 2 atom stereocenters. The van der Waals surface area contributed by atoms with Gasteiger partial charge in [-0.3, -0.25) is 9.59 Å². The third-order valence-electron chi connectivity index (χ3n) is 4.96. The predicted molar refractivity (Wildman–Crippen MR) is 119 cm³/mol. The van der Waals surface area contributed by atoms with Gasteiger partial charge in [-0.25, -0.2) is 0 Å². The first-order valence-electron chi connectivity index (χ1n) is 9.80. The molecule has 29 heavy (non-hydrogen) atoms. The van der Waals surface area contributed by atoms with Gasteiger partial charge in [0.1, 0.15) is 6.04 Å². The Morgan fingerprint density at radius 3 is 2.45 bits per heavy atom. The minimum atomic E-state index is -0.608. The Labute approximate surface area is 183 Å². The highest BCUT2D eigenvalue weighted by Gasteiger charge is 2.27. The number of rotatable bonds is 8. The molecule has 0 aliphatic carbocycles. The Kier molecular flexibility index (Phi) is 8.54. The van der Waals surface area contributed by atoms with Gasteiger partial charge in [0.2, 0.25) is 11.8 Å². The summed E-state index contributed by atoms with van der Waals surface area (Å²) in [4.78, 5) is 27.5. The number of hydrogen-bond acceptors (Lipinski definition) is 2. The summed E-state index contributed by atoms with van der Waals surface area (Å²) in [7, 11) is 0. The molecule has 0 aliphatic rings. The molecule has 2 aromatic carbocycles. The number of nitrogens with one attached hydrogen (secondary N) is 1. The van der Waals surface area contributed by atoms with Crippen LogP contribution in [0.15, 0.2) is 42.5 Å². The van der Waals surface area contributed by atoms with Gasteiger partial charge in [0.15, 0.2) is 0 Å². The number of aryl methyl sites for hydroxylation is 1. The van der Waals surface area contributed by atoms with Crippen molar-refractivity contribution in [2.45, 2.75) is 59.2 Å². The molecule has 2 rings (SSSR count).